The van der Waals surface area contributed by atoms with E-state index in [-0.39, 0.29) is 0 Å². The lowest BCUT2D eigenvalue weighted by molar-refractivity contribution is 0.0774. The topological polar surface area (TPSA) is 21.3 Å². The van der Waals surface area contributed by atoms with Gasteiger partial charge >= 0.3 is 0 Å². The minimum atomic E-state index is 0.675. The summed E-state index contributed by atoms with van der Waals surface area (Å²) in [4.78, 5) is 0. The fraction of sp³-hybridized carbons (Fsp3) is 0.571. The molecule has 1 N–H and O–H groups in total. The Morgan fingerprint density at radius 3 is 2.53 bits per heavy atom. The van der Waals surface area contributed by atoms with Gasteiger partial charge in [-0.05, 0) is 37.0 Å². The van der Waals surface area contributed by atoms with Crippen LogP contribution in [-0.4, -0.2) is 25.3 Å². The summed E-state index contributed by atoms with van der Waals surface area (Å²) >= 11 is 3.48. The minimum Gasteiger partial charge on any atom is -0.381 e. The van der Waals surface area contributed by atoms with Crippen molar-refractivity contribution in [3.05, 3.63) is 34.3 Å². The molecular formula is C14H18BrNO. The van der Waals surface area contributed by atoms with Gasteiger partial charge in [-0.25, -0.2) is 0 Å². The molecular weight excluding hydrogens is 278 g/mol. The number of hydrogen-bond donors (Lipinski definition) is 1. The van der Waals surface area contributed by atoms with E-state index in [0.717, 1.165) is 23.6 Å². The van der Waals surface area contributed by atoms with Crippen LogP contribution in [0, 0.1) is 0 Å². The molecule has 0 amide bonds. The van der Waals surface area contributed by atoms with Crippen molar-refractivity contribution < 1.29 is 4.74 Å². The molecule has 92 valence electrons. The largest absolute Gasteiger partial charge is 0.381 e. The molecule has 1 aliphatic heterocycles. The molecule has 2 atom stereocenters. The number of hydrogen-bond acceptors (Lipinski definition) is 2. The van der Waals surface area contributed by atoms with Crippen LogP contribution in [0.3, 0.4) is 0 Å². The van der Waals surface area contributed by atoms with E-state index >= 15 is 0 Å². The van der Waals surface area contributed by atoms with Gasteiger partial charge in [-0.15, -0.1) is 0 Å². The van der Waals surface area contributed by atoms with Crippen molar-refractivity contribution in [3.63, 3.8) is 0 Å². The zero-order chi connectivity index (χ0) is 11.7. The summed E-state index contributed by atoms with van der Waals surface area (Å²) in [6, 6.07) is 10.1. The Labute approximate surface area is 111 Å². The van der Waals surface area contributed by atoms with Gasteiger partial charge in [0.05, 0.1) is 0 Å². The number of halogens is 1. The highest BCUT2D eigenvalue weighted by molar-refractivity contribution is 9.10. The second-order valence-electron chi connectivity index (χ2n) is 5.05. The van der Waals surface area contributed by atoms with Crippen molar-refractivity contribution >= 4 is 15.9 Å². The van der Waals surface area contributed by atoms with E-state index in [2.05, 4.69) is 45.5 Å². The Kier molecular flexibility index (Phi) is 3.50. The number of benzene rings is 1. The van der Waals surface area contributed by atoms with E-state index in [9.17, 15) is 0 Å². The highest BCUT2D eigenvalue weighted by Crippen LogP contribution is 2.41. The maximum absolute atomic E-state index is 5.38. The average Bonchev–Trinajstić information content (AvgIpc) is 3.11. The van der Waals surface area contributed by atoms with Gasteiger partial charge in [0, 0.05) is 35.7 Å². The van der Waals surface area contributed by atoms with E-state index in [1.807, 2.05) is 0 Å². The van der Waals surface area contributed by atoms with E-state index in [1.165, 1.54) is 24.8 Å². The molecule has 0 unspecified atom stereocenters. The normalized spacial score (nSPS) is 29.2. The standard InChI is InChI=1S/C14H18BrNO/c15-11-3-1-10(2-4-11)13-9-14(13)16-12-5-7-17-8-6-12/h1-4,12-14,16H,5-9H2/t13-,14+/m1/s1. The van der Waals surface area contributed by atoms with Crippen molar-refractivity contribution in [2.24, 2.45) is 0 Å². The third-order valence-electron chi connectivity index (χ3n) is 3.76. The maximum Gasteiger partial charge on any atom is 0.0480 e. The second kappa shape index (κ2) is 5.09. The van der Waals surface area contributed by atoms with Crippen LogP contribution in [0.25, 0.3) is 0 Å². The molecule has 17 heavy (non-hydrogen) atoms. The highest BCUT2D eigenvalue weighted by Gasteiger charge is 2.39. The smallest absolute Gasteiger partial charge is 0.0480 e. The van der Waals surface area contributed by atoms with Gasteiger partial charge < -0.3 is 10.1 Å². The molecule has 2 fully saturated rings. The molecule has 1 aromatic carbocycles. The lowest BCUT2D eigenvalue weighted by Crippen LogP contribution is -2.36. The summed E-state index contributed by atoms with van der Waals surface area (Å²) in [5.41, 5.74) is 1.47. The maximum atomic E-state index is 5.38. The Morgan fingerprint density at radius 2 is 1.82 bits per heavy atom. The molecule has 3 rings (SSSR count). The highest BCUT2D eigenvalue weighted by atomic mass is 79.9. The first-order valence-corrected chi connectivity index (χ1v) is 7.21. The first kappa shape index (κ1) is 11.7. The third kappa shape index (κ3) is 2.90. The van der Waals surface area contributed by atoms with Crippen molar-refractivity contribution in [1.82, 2.24) is 5.32 Å². The number of ether oxygens (including phenoxy) is 1. The fourth-order valence-electron chi connectivity index (χ4n) is 2.62. The van der Waals surface area contributed by atoms with Crippen molar-refractivity contribution in [3.8, 4) is 0 Å². The molecule has 0 radical (unpaired) electrons. The van der Waals surface area contributed by atoms with Crippen LogP contribution >= 0.6 is 15.9 Å². The van der Waals surface area contributed by atoms with E-state index < -0.39 is 0 Å². The van der Waals surface area contributed by atoms with Crippen molar-refractivity contribution in [2.45, 2.75) is 37.3 Å². The summed E-state index contributed by atoms with van der Waals surface area (Å²) in [7, 11) is 0. The summed E-state index contributed by atoms with van der Waals surface area (Å²) in [6.07, 6.45) is 3.63. The van der Waals surface area contributed by atoms with Gasteiger partial charge in [0.1, 0.15) is 0 Å². The van der Waals surface area contributed by atoms with Gasteiger partial charge in [0.2, 0.25) is 0 Å². The lowest BCUT2D eigenvalue weighted by Gasteiger charge is -2.23. The van der Waals surface area contributed by atoms with Crippen LogP contribution < -0.4 is 5.32 Å². The van der Waals surface area contributed by atoms with Gasteiger partial charge in [0.15, 0.2) is 0 Å². The van der Waals surface area contributed by atoms with Crippen LogP contribution in [0.4, 0.5) is 0 Å². The van der Waals surface area contributed by atoms with Crippen LogP contribution in [-0.2, 0) is 4.74 Å². The minimum absolute atomic E-state index is 0.675. The zero-order valence-electron chi connectivity index (χ0n) is 9.86. The SMILES string of the molecule is Brc1ccc([C@H]2C[C@@H]2NC2CCOCC2)cc1. The molecule has 2 aliphatic rings. The molecule has 1 aliphatic carbocycles. The van der Waals surface area contributed by atoms with E-state index in [0.29, 0.717) is 12.1 Å². The zero-order valence-corrected chi connectivity index (χ0v) is 11.4. The monoisotopic (exact) mass is 295 g/mol. The van der Waals surface area contributed by atoms with E-state index in [1.54, 1.807) is 0 Å². The molecule has 1 saturated carbocycles. The molecule has 0 aromatic heterocycles. The Hall–Kier alpha value is -0.380. The van der Waals surface area contributed by atoms with Crippen LogP contribution in [0.5, 0.6) is 0 Å². The van der Waals surface area contributed by atoms with E-state index in [4.69, 9.17) is 4.74 Å². The Balaban J connectivity index is 1.53. The molecule has 2 nitrogen and oxygen atoms in total. The lowest BCUT2D eigenvalue weighted by atomic mass is 10.1. The average molecular weight is 296 g/mol. The molecule has 0 spiro atoms. The van der Waals surface area contributed by atoms with Gasteiger partial charge in [0.25, 0.3) is 0 Å². The summed E-state index contributed by atoms with van der Waals surface area (Å²) in [5.74, 6) is 0.728. The summed E-state index contributed by atoms with van der Waals surface area (Å²) in [6.45, 7) is 1.85. The number of nitrogens with one attached hydrogen (secondary N) is 1. The summed E-state index contributed by atoms with van der Waals surface area (Å²) < 4.78 is 6.54. The third-order valence-corrected chi connectivity index (χ3v) is 4.29. The van der Waals surface area contributed by atoms with Gasteiger partial charge in [-0.2, -0.15) is 0 Å². The molecule has 1 heterocycles. The van der Waals surface area contributed by atoms with Crippen molar-refractivity contribution in [1.29, 1.82) is 0 Å². The predicted molar refractivity (Wildman–Crippen MR) is 72.3 cm³/mol. The Bertz CT molecular complexity index is 372. The first-order chi connectivity index (χ1) is 8.33. The van der Waals surface area contributed by atoms with Crippen LogP contribution in [0.15, 0.2) is 28.7 Å². The van der Waals surface area contributed by atoms with Crippen molar-refractivity contribution in [2.75, 3.05) is 13.2 Å². The molecule has 0 bridgehead atoms. The molecule has 1 saturated heterocycles. The molecule has 1 aromatic rings. The molecule has 3 heteroatoms. The predicted octanol–water partition coefficient (Wildman–Crippen LogP) is 3.07. The fourth-order valence-corrected chi connectivity index (χ4v) is 2.89. The van der Waals surface area contributed by atoms with Gasteiger partial charge in [-0.1, -0.05) is 28.1 Å². The van der Waals surface area contributed by atoms with Gasteiger partial charge in [-0.3, -0.25) is 0 Å². The van der Waals surface area contributed by atoms with Crippen LogP contribution in [0.2, 0.25) is 0 Å². The quantitative estimate of drug-likeness (QED) is 0.925. The second-order valence-corrected chi connectivity index (χ2v) is 5.97. The van der Waals surface area contributed by atoms with Crippen LogP contribution in [0.1, 0.15) is 30.7 Å². The first-order valence-electron chi connectivity index (χ1n) is 6.42. The number of rotatable bonds is 3. The summed E-state index contributed by atoms with van der Waals surface area (Å²) in [5, 5.41) is 3.76. The Morgan fingerprint density at radius 1 is 1.12 bits per heavy atom.